The lowest BCUT2D eigenvalue weighted by molar-refractivity contribution is -0.305. The molecule has 0 aliphatic heterocycles. The Hall–Kier alpha value is -1.10. The molecule has 0 atom stereocenters. The van der Waals surface area contributed by atoms with E-state index in [0.29, 0.717) is 13.2 Å². The molecule has 0 saturated carbocycles. The molecule has 5 nitrogen and oxygen atoms in total. The van der Waals surface area contributed by atoms with E-state index in [9.17, 15) is 14.7 Å². The molecule has 0 radical (unpaired) electrons. The van der Waals surface area contributed by atoms with Crippen LogP contribution in [0, 0.1) is 0 Å². The molecule has 90 valence electrons. The summed E-state index contributed by atoms with van der Waals surface area (Å²) in [7, 11) is 3.71. The molecule has 15 heavy (non-hydrogen) atoms. The topological polar surface area (TPSA) is 69.7 Å². The number of rotatable bonds is 6. The van der Waals surface area contributed by atoms with Crippen LogP contribution >= 0.6 is 0 Å². The average Bonchev–Trinajstić information content (AvgIpc) is 2.17. The summed E-state index contributed by atoms with van der Waals surface area (Å²) in [4.78, 5) is 22.6. The fourth-order valence-electron chi connectivity index (χ4n) is 0.618. The summed E-state index contributed by atoms with van der Waals surface area (Å²) < 4.78 is 4.73. The Morgan fingerprint density at radius 3 is 2.13 bits per heavy atom. The molecule has 0 aromatic carbocycles. The normalized spacial score (nSPS) is 9.13. The molecule has 0 rings (SSSR count). The van der Waals surface area contributed by atoms with Gasteiger partial charge >= 0.3 is 5.97 Å². The molecule has 0 fully saturated rings. The van der Waals surface area contributed by atoms with Crippen molar-refractivity contribution in [1.82, 2.24) is 4.90 Å². The molecule has 0 N–H and O–H groups in total. The number of aliphatic carboxylic acids is 1. The minimum atomic E-state index is -1.23. The quantitative estimate of drug-likeness (QED) is 0.570. The fourth-order valence-corrected chi connectivity index (χ4v) is 0.618. The number of carbonyl (C=O) groups excluding carboxylic acids is 2. The first-order chi connectivity index (χ1) is 7.02. The third-order valence-corrected chi connectivity index (χ3v) is 1.33. The molecule has 0 aromatic heterocycles. The van der Waals surface area contributed by atoms with Gasteiger partial charge < -0.3 is 19.5 Å². The summed E-state index contributed by atoms with van der Waals surface area (Å²) in [6.07, 6.45) is -0.392. The van der Waals surface area contributed by atoms with Gasteiger partial charge in [-0.25, -0.2) is 0 Å². The van der Waals surface area contributed by atoms with Gasteiger partial charge in [0.15, 0.2) is 0 Å². The minimum absolute atomic E-state index is 0.115. The van der Waals surface area contributed by atoms with Crippen molar-refractivity contribution in [2.24, 2.45) is 0 Å². The van der Waals surface area contributed by atoms with E-state index in [4.69, 9.17) is 4.74 Å². The Kier molecular flexibility index (Phi) is 12.0. The molecule has 0 saturated heterocycles. The molecular weight excluding hydrogens is 198 g/mol. The third kappa shape index (κ3) is 15.6. The van der Waals surface area contributed by atoms with Crippen LogP contribution in [-0.4, -0.2) is 44.1 Å². The summed E-state index contributed by atoms with van der Waals surface area (Å²) in [5, 5.41) is 9.96. The van der Waals surface area contributed by atoms with Crippen molar-refractivity contribution in [2.45, 2.75) is 26.7 Å². The highest BCUT2D eigenvalue weighted by Gasteiger charge is 2.02. The van der Waals surface area contributed by atoms with Crippen molar-refractivity contribution in [3.8, 4) is 0 Å². The van der Waals surface area contributed by atoms with Gasteiger partial charge in [-0.1, -0.05) is 13.8 Å². The number of carboxylic acids is 1. The predicted molar refractivity (Wildman–Crippen MR) is 55.1 cm³/mol. The molecule has 0 bridgehead atoms. The van der Waals surface area contributed by atoms with E-state index >= 15 is 0 Å². The standard InChI is InChI=1S/C8H15NO4.C2H6/c1-9(2)5-6-13-8(12)4-3-7(10)11;1-2/h3-6H2,1-2H3,(H,10,11);1-2H3/p-1. The second-order valence-corrected chi connectivity index (χ2v) is 2.90. The zero-order chi connectivity index (χ0) is 12.3. The number of hydrogen-bond donors (Lipinski definition) is 0. The predicted octanol–water partition coefficient (Wildman–Crippen LogP) is -0.352. The van der Waals surface area contributed by atoms with E-state index in [1.807, 2.05) is 32.8 Å². The minimum Gasteiger partial charge on any atom is -0.550 e. The average molecular weight is 218 g/mol. The molecule has 0 aromatic rings. The number of nitrogens with zero attached hydrogens (tertiary/aromatic N) is 1. The maximum absolute atomic E-state index is 10.8. The van der Waals surface area contributed by atoms with Gasteiger partial charge in [0.2, 0.25) is 0 Å². The Morgan fingerprint density at radius 2 is 1.73 bits per heavy atom. The number of hydrogen-bond acceptors (Lipinski definition) is 5. The first-order valence-corrected chi connectivity index (χ1v) is 5.02. The number of ether oxygens (including phenoxy) is 1. The van der Waals surface area contributed by atoms with Gasteiger partial charge in [0.1, 0.15) is 6.61 Å². The molecule has 0 aliphatic carbocycles. The van der Waals surface area contributed by atoms with Gasteiger partial charge in [-0.15, -0.1) is 0 Å². The number of likely N-dealkylation sites (N-methyl/N-ethyl adjacent to an activating group) is 1. The number of carbonyl (C=O) groups is 2. The summed E-state index contributed by atoms with van der Waals surface area (Å²) in [6.45, 7) is 4.93. The third-order valence-electron chi connectivity index (χ3n) is 1.33. The van der Waals surface area contributed by atoms with Gasteiger partial charge in [-0.2, -0.15) is 0 Å². The Labute approximate surface area is 91.0 Å². The second-order valence-electron chi connectivity index (χ2n) is 2.90. The summed E-state index contributed by atoms with van der Waals surface area (Å²) in [5.41, 5.74) is 0. The van der Waals surface area contributed by atoms with Crippen LogP contribution in [0.25, 0.3) is 0 Å². The lowest BCUT2D eigenvalue weighted by Gasteiger charge is -2.09. The van der Waals surface area contributed by atoms with Crippen LogP contribution in [0.15, 0.2) is 0 Å². The van der Waals surface area contributed by atoms with Gasteiger partial charge in [-0.3, -0.25) is 4.79 Å². The van der Waals surface area contributed by atoms with Gasteiger partial charge in [0.25, 0.3) is 0 Å². The fraction of sp³-hybridized carbons (Fsp3) is 0.800. The maximum Gasteiger partial charge on any atom is 0.306 e. The van der Waals surface area contributed by atoms with Crippen LogP contribution in [0.2, 0.25) is 0 Å². The van der Waals surface area contributed by atoms with E-state index < -0.39 is 11.9 Å². The van der Waals surface area contributed by atoms with Crippen molar-refractivity contribution >= 4 is 11.9 Å². The van der Waals surface area contributed by atoms with Crippen molar-refractivity contribution in [3.63, 3.8) is 0 Å². The smallest absolute Gasteiger partial charge is 0.306 e. The summed E-state index contributed by atoms with van der Waals surface area (Å²) >= 11 is 0. The van der Waals surface area contributed by atoms with E-state index in [0.717, 1.165) is 0 Å². The molecule has 0 amide bonds. The highest BCUT2D eigenvalue weighted by molar-refractivity contribution is 5.75. The molecule has 0 spiro atoms. The van der Waals surface area contributed by atoms with Crippen LogP contribution in [0.3, 0.4) is 0 Å². The van der Waals surface area contributed by atoms with Crippen molar-refractivity contribution < 1.29 is 19.4 Å². The van der Waals surface area contributed by atoms with Gasteiger partial charge in [0, 0.05) is 12.5 Å². The molecular formula is C10H20NO4-. The van der Waals surface area contributed by atoms with Crippen LogP contribution < -0.4 is 5.11 Å². The van der Waals surface area contributed by atoms with Crippen LogP contribution in [0.1, 0.15) is 26.7 Å². The largest absolute Gasteiger partial charge is 0.550 e. The first-order valence-electron chi connectivity index (χ1n) is 5.02. The highest BCUT2D eigenvalue weighted by atomic mass is 16.5. The van der Waals surface area contributed by atoms with Gasteiger partial charge in [0.05, 0.1) is 6.42 Å². The number of carboxylic acid groups (broad SMARTS) is 1. The summed E-state index contributed by atoms with van der Waals surface area (Å²) in [5.74, 6) is -1.73. The molecule has 0 heterocycles. The molecule has 0 unspecified atom stereocenters. The van der Waals surface area contributed by atoms with E-state index in [1.165, 1.54) is 0 Å². The van der Waals surface area contributed by atoms with Gasteiger partial charge in [-0.05, 0) is 20.5 Å². The van der Waals surface area contributed by atoms with Crippen molar-refractivity contribution in [1.29, 1.82) is 0 Å². The monoisotopic (exact) mass is 218 g/mol. The maximum atomic E-state index is 10.8. The Bertz CT molecular complexity index is 180. The lowest BCUT2D eigenvalue weighted by atomic mass is 10.3. The van der Waals surface area contributed by atoms with E-state index in [2.05, 4.69) is 0 Å². The highest BCUT2D eigenvalue weighted by Crippen LogP contribution is 1.91. The number of esters is 1. The van der Waals surface area contributed by atoms with Crippen LogP contribution in [0.5, 0.6) is 0 Å². The summed E-state index contributed by atoms with van der Waals surface area (Å²) in [6, 6.07) is 0. The van der Waals surface area contributed by atoms with Crippen molar-refractivity contribution in [2.75, 3.05) is 27.2 Å². The zero-order valence-corrected chi connectivity index (χ0v) is 9.91. The van der Waals surface area contributed by atoms with Crippen LogP contribution in [0.4, 0.5) is 0 Å². The van der Waals surface area contributed by atoms with E-state index in [-0.39, 0.29) is 12.8 Å². The van der Waals surface area contributed by atoms with Crippen LogP contribution in [-0.2, 0) is 14.3 Å². The van der Waals surface area contributed by atoms with Crippen molar-refractivity contribution in [3.05, 3.63) is 0 Å². The molecule has 0 aliphatic rings. The lowest BCUT2D eigenvalue weighted by Crippen LogP contribution is -2.24. The SMILES string of the molecule is CC.CN(C)CCOC(=O)CCC(=O)[O-]. The first kappa shape index (κ1) is 16.3. The zero-order valence-electron chi connectivity index (χ0n) is 9.91. The second kappa shape index (κ2) is 11.0. The Morgan fingerprint density at radius 1 is 1.20 bits per heavy atom. The Balaban J connectivity index is 0. The van der Waals surface area contributed by atoms with E-state index in [1.54, 1.807) is 0 Å². The molecule has 5 heteroatoms.